The molecular weight excluding hydrogens is 486 g/mol. The predicted octanol–water partition coefficient (Wildman–Crippen LogP) is 2.36. The number of ether oxygens (including phenoxy) is 1. The fourth-order valence-corrected chi connectivity index (χ4v) is 3.85. The van der Waals surface area contributed by atoms with Crippen LogP contribution in [0.15, 0.2) is 48.9 Å². The maximum atomic E-state index is 14.7. The predicted molar refractivity (Wildman–Crippen MR) is 133 cm³/mol. The molecule has 2 heterocycles. The van der Waals surface area contributed by atoms with Gasteiger partial charge in [0.15, 0.2) is 28.8 Å². The van der Waals surface area contributed by atoms with Crippen LogP contribution in [0.25, 0.3) is 16.9 Å². The number of methoxy groups -OCH3 is 1. The Labute approximate surface area is 210 Å². The Morgan fingerprint density at radius 1 is 1.22 bits per heavy atom. The van der Waals surface area contributed by atoms with Gasteiger partial charge < -0.3 is 31.3 Å². The third-order valence-corrected chi connectivity index (χ3v) is 5.91. The average molecular weight is 513 g/mol. The Bertz CT molecular complexity index is 1450. The molecule has 4 rings (SSSR count). The number of aliphatic hydroxyl groups is 2. The van der Waals surface area contributed by atoms with Crippen LogP contribution in [-0.4, -0.2) is 56.5 Å². The SMILES string of the molecule is CCc1cc(Nc2nccn3c(-c4ccc(OC)c(F)c4F)cnc23)ccc1C(=O)N[C@](O)(CN)CO. The first-order chi connectivity index (χ1) is 17.7. The number of nitrogens with zero attached hydrogens (tertiary/aromatic N) is 3. The van der Waals surface area contributed by atoms with Gasteiger partial charge in [-0.3, -0.25) is 9.20 Å². The van der Waals surface area contributed by atoms with Gasteiger partial charge in [0, 0.05) is 35.8 Å². The number of anilines is 2. The lowest BCUT2D eigenvalue weighted by Gasteiger charge is -2.25. The molecule has 6 N–H and O–H groups in total. The summed E-state index contributed by atoms with van der Waals surface area (Å²) in [6.45, 7) is 0.774. The zero-order chi connectivity index (χ0) is 26.7. The highest BCUT2D eigenvalue weighted by molar-refractivity contribution is 5.96. The van der Waals surface area contributed by atoms with Crippen molar-refractivity contribution in [1.82, 2.24) is 19.7 Å². The molecule has 194 valence electrons. The minimum absolute atomic E-state index is 0.00639. The molecule has 0 spiro atoms. The number of carbonyl (C=O) groups is 1. The number of carbonyl (C=O) groups excluding carboxylic acids is 1. The van der Waals surface area contributed by atoms with Crippen LogP contribution in [0.3, 0.4) is 0 Å². The van der Waals surface area contributed by atoms with Crippen molar-refractivity contribution in [2.75, 3.05) is 25.6 Å². The first kappa shape index (κ1) is 25.9. The van der Waals surface area contributed by atoms with E-state index in [9.17, 15) is 23.8 Å². The fraction of sp³-hybridized carbons (Fsp3) is 0.240. The first-order valence-electron chi connectivity index (χ1n) is 11.4. The van der Waals surface area contributed by atoms with Crippen LogP contribution >= 0.6 is 0 Å². The standard InChI is InChI=1S/C25H26F2N6O4/c1-3-14-10-15(4-5-16(14)24(35)32-25(36,12-28)13-34)31-22-23-30-11-18(33(23)9-8-29-22)17-6-7-19(37-2)21(27)20(17)26/h4-11,34,36H,3,12-13,28H2,1-2H3,(H,29,31)(H,32,35)/t25-/m0/s1. The van der Waals surface area contributed by atoms with Crippen LogP contribution < -0.4 is 21.1 Å². The van der Waals surface area contributed by atoms with Crippen molar-refractivity contribution in [2.45, 2.75) is 19.1 Å². The van der Waals surface area contributed by atoms with Gasteiger partial charge in [-0.1, -0.05) is 6.92 Å². The number of aliphatic hydroxyl groups excluding tert-OH is 1. The number of fused-ring (bicyclic) bond motifs is 1. The van der Waals surface area contributed by atoms with Crippen LogP contribution in [0.4, 0.5) is 20.3 Å². The number of rotatable bonds is 9. The molecule has 0 aliphatic rings. The minimum atomic E-state index is -1.93. The van der Waals surface area contributed by atoms with E-state index in [1.165, 1.54) is 31.6 Å². The lowest BCUT2D eigenvalue weighted by atomic mass is 10.0. The van der Waals surface area contributed by atoms with Crippen LogP contribution in [-0.2, 0) is 6.42 Å². The van der Waals surface area contributed by atoms with E-state index in [-0.39, 0.29) is 17.9 Å². The minimum Gasteiger partial charge on any atom is -0.494 e. The number of nitrogens with two attached hydrogens (primary N) is 1. The molecule has 0 bridgehead atoms. The number of benzene rings is 2. The highest BCUT2D eigenvalue weighted by atomic mass is 19.2. The molecule has 0 aliphatic carbocycles. The molecule has 0 saturated heterocycles. The normalized spacial score (nSPS) is 12.8. The topological polar surface area (TPSA) is 147 Å². The summed E-state index contributed by atoms with van der Waals surface area (Å²) in [6.07, 6.45) is 4.97. The number of amides is 1. The highest BCUT2D eigenvalue weighted by Gasteiger charge is 2.27. The van der Waals surface area contributed by atoms with E-state index in [1.807, 2.05) is 6.92 Å². The molecule has 0 radical (unpaired) electrons. The summed E-state index contributed by atoms with van der Waals surface area (Å²) in [4.78, 5) is 21.3. The highest BCUT2D eigenvalue weighted by Crippen LogP contribution is 2.31. The second kappa shape index (κ2) is 10.5. The van der Waals surface area contributed by atoms with Crippen molar-refractivity contribution in [2.24, 2.45) is 5.73 Å². The average Bonchev–Trinajstić information content (AvgIpc) is 3.35. The van der Waals surface area contributed by atoms with E-state index in [0.717, 1.165) is 0 Å². The number of aryl methyl sites for hydroxylation is 1. The first-order valence-corrected chi connectivity index (χ1v) is 11.4. The Morgan fingerprint density at radius 3 is 2.68 bits per heavy atom. The monoisotopic (exact) mass is 512 g/mol. The smallest absolute Gasteiger partial charge is 0.253 e. The lowest BCUT2D eigenvalue weighted by Crippen LogP contribution is -2.56. The number of nitrogens with one attached hydrogen (secondary N) is 2. The quantitative estimate of drug-likeness (QED) is 0.215. The molecule has 2 aromatic carbocycles. The van der Waals surface area contributed by atoms with Crippen molar-refractivity contribution in [3.8, 4) is 17.0 Å². The van der Waals surface area contributed by atoms with Crippen LogP contribution in [0, 0.1) is 11.6 Å². The van der Waals surface area contributed by atoms with Gasteiger partial charge in [-0.15, -0.1) is 0 Å². The van der Waals surface area contributed by atoms with Crippen molar-refractivity contribution >= 4 is 23.1 Å². The van der Waals surface area contributed by atoms with Crippen molar-refractivity contribution < 1.29 is 28.5 Å². The van der Waals surface area contributed by atoms with E-state index in [0.29, 0.717) is 40.4 Å². The van der Waals surface area contributed by atoms with Gasteiger partial charge in [0.25, 0.3) is 5.91 Å². The van der Waals surface area contributed by atoms with Crippen molar-refractivity contribution in [3.63, 3.8) is 0 Å². The summed E-state index contributed by atoms with van der Waals surface area (Å²) in [5.74, 6) is -2.59. The molecule has 0 unspecified atom stereocenters. The zero-order valence-electron chi connectivity index (χ0n) is 20.1. The van der Waals surface area contributed by atoms with Gasteiger partial charge >= 0.3 is 0 Å². The van der Waals surface area contributed by atoms with E-state index >= 15 is 0 Å². The molecule has 0 saturated carbocycles. The summed E-state index contributed by atoms with van der Waals surface area (Å²) in [6, 6.07) is 7.70. The summed E-state index contributed by atoms with van der Waals surface area (Å²) in [5, 5.41) is 24.9. The van der Waals surface area contributed by atoms with Crippen LogP contribution in [0.2, 0.25) is 0 Å². The third-order valence-electron chi connectivity index (χ3n) is 5.91. The molecule has 2 aromatic heterocycles. The largest absolute Gasteiger partial charge is 0.494 e. The number of hydrogen-bond acceptors (Lipinski definition) is 8. The third kappa shape index (κ3) is 4.94. The van der Waals surface area contributed by atoms with E-state index < -0.39 is 29.9 Å². The van der Waals surface area contributed by atoms with Gasteiger partial charge in [0.1, 0.15) is 0 Å². The maximum absolute atomic E-state index is 14.7. The summed E-state index contributed by atoms with van der Waals surface area (Å²) in [5.41, 5.74) is 5.76. The molecule has 0 aliphatic heterocycles. The van der Waals surface area contributed by atoms with Crippen LogP contribution in [0.5, 0.6) is 5.75 Å². The molecule has 10 nitrogen and oxygen atoms in total. The fourth-order valence-electron chi connectivity index (χ4n) is 3.85. The maximum Gasteiger partial charge on any atom is 0.253 e. The molecule has 0 fully saturated rings. The van der Waals surface area contributed by atoms with Crippen molar-refractivity contribution in [3.05, 3.63) is 71.7 Å². The van der Waals surface area contributed by atoms with Gasteiger partial charge in [-0.2, -0.15) is 4.39 Å². The number of aromatic nitrogens is 3. The second-order valence-electron chi connectivity index (χ2n) is 8.25. The Morgan fingerprint density at radius 2 is 2.00 bits per heavy atom. The zero-order valence-corrected chi connectivity index (χ0v) is 20.1. The van der Waals surface area contributed by atoms with Crippen LogP contribution in [0.1, 0.15) is 22.8 Å². The van der Waals surface area contributed by atoms with E-state index in [1.54, 1.807) is 28.8 Å². The molecule has 1 amide bonds. The second-order valence-corrected chi connectivity index (χ2v) is 8.25. The Kier molecular flexibility index (Phi) is 7.34. The molecule has 12 heteroatoms. The summed E-state index contributed by atoms with van der Waals surface area (Å²) < 4.78 is 35.4. The number of halogens is 2. The Hall–Kier alpha value is -4.13. The van der Waals surface area contributed by atoms with E-state index in [4.69, 9.17) is 10.5 Å². The summed E-state index contributed by atoms with van der Waals surface area (Å²) >= 11 is 0. The molecule has 1 atom stereocenters. The van der Waals surface area contributed by atoms with E-state index in [2.05, 4.69) is 20.6 Å². The molecule has 37 heavy (non-hydrogen) atoms. The lowest BCUT2D eigenvalue weighted by molar-refractivity contribution is -0.0293. The van der Waals surface area contributed by atoms with Gasteiger partial charge in [0.05, 0.1) is 25.6 Å². The number of hydrogen-bond donors (Lipinski definition) is 5. The number of imidazole rings is 1. The summed E-state index contributed by atoms with van der Waals surface area (Å²) in [7, 11) is 1.26. The van der Waals surface area contributed by atoms with Gasteiger partial charge in [-0.25, -0.2) is 14.4 Å². The van der Waals surface area contributed by atoms with Gasteiger partial charge in [-0.05, 0) is 42.3 Å². The Balaban J connectivity index is 1.66. The molecular formula is C25H26F2N6O4. The molecule has 4 aromatic rings. The van der Waals surface area contributed by atoms with Crippen molar-refractivity contribution in [1.29, 1.82) is 0 Å². The van der Waals surface area contributed by atoms with Gasteiger partial charge in [0.2, 0.25) is 5.82 Å².